The molecule has 0 aromatic heterocycles. The molecule has 0 aliphatic carbocycles. The molecule has 8 heteroatoms. The Bertz CT molecular complexity index is 918. The van der Waals surface area contributed by atoms with Crippen molar-refractivity contribution in [2.45, 2.75) is 0 Å². The number of hydrogen-bond acceptors (Lipinski definition) is 6. The molecule has 0 atom stereocenters. The summed E-state index contributed by atoms with van der Waals surface area (Å²) in [6.45, 7) is -0.112. The van der Waals surface area contributed by atoms with Crippen LogP contribution in [0, 0.1) is 21.4 Å². The van der Waals surface area contributed by atoms with Crippen molar-refractivity contribution in [3.05, 3.63) is 68.7 Å². The van der Waals surface area contributed by atoms with Gasteiger partial charge in [-0.3, -0.25) is 14.9 Å². The largest absolute Gasteiger partial charge is 0.493 e. The number of benzene rings is 2. The predicted molar refractivity (Wildman–Crippen MR) is 95.6 cm³/mol. The zero-order valence-corrected chi connectivity index (χ0v) is 14.4. The molecule has 0 fully saturated rings. The Morgan fingerprint density at radius 2 is 2.08 bits per heavy atom. The van der Waals surface area contributed by atoms with Crippen molar-refractivity contribution >= 4 is 29.1 Å². The fourth-order valence-electron chi connectivity index (χ4n) is 2.09. The predicted octanol–water partition coefficient (Wildman–Crippen LogP) is 4.06. The minimum absolute atomic E-state index is 0.0341. The molecule has 0 heterocycles. The second-order valence-electron chi connectivity index (χ2n) is 4.98. The van der Waals surface area contributed by atoms with E-state index in [0.717, 1.165) is 6.07 Å². The van der Waals surface area contributed by atoms with E-state index in [2.05, 4.69) is 0 Å². The maximum absolute atomic E-state index is 12.2. The molecule has 26 heavy (non-hydrogen) atoms. The summed E-state index contributed by atoms with van der Waals surface area (Å²) >= 11 is 5.74. The van der Waals surface area contributed by atoms with Gasteiger partial charge in [0.25, 0.3) is 5.69 Å². The van der Waals surface area contributed by atoms with Crippen molar-refractivity contribution in [1.29, 1.82) is 5.26 Å². The Balaban J connectivity index is 2.21. The molecular weight excluding hydrogens is 360 g/mol. The number of carbonyl (C=O) groups excluding carboxylic acids is 1. The topological polar surface area (TPSA) is 102 Å². The van der Waals surface area contributed by atoms with E-state index in [9.17, 15) is 14.9 Å². The average molecular weight is 373 g/mol. The molecule has 0 saturated carbocycles. The lowest BCUT2D eigenvalue weighted by Crippen LogP contribution is -1.98. The van der Waals surface area contributed by atoms with Crippen LogP contribution in [0.1, 0.15) is 15.9 Å². The first-order chi connectivity index (χ1) is 12.5. The quantitative estimate of drug-likeness (QED) is 0.314. The van der Waals surface area contributed by atoms with Crippen LogP contribution in [-0.4, -0.2) is 24.4 Å². The fraction of sp³-hybridized carbons (Fsp3) is 0.111. The van der Waals surface area contributed by atoms with Gasteiger partial charge in [-0.1, -0.05) is 23.7 Å². The Hall–Kier alpha value is -3.37. The van der Waals surface area contributed by atoms with Crippen LogP contribution in [-0.2, 0) is 0 Å². The van der Waals surface area contributed by atoms with Crippen molar-refractivity contribution in [2.75, 3.05) is 13.7 Å². The molecule has 0 bridgehead atoms. The van der Waals surface area contributed by atoms with Gasteiger partial charge in [0, 0.05) is 11.6 Å². The molecule has 0 spiro atoms. The van der Waals surface area contributed by atoms with Gasteiger partial charge < -0.3 is 9.47 Å². The zero-order valence-electron chi connectivity index (χ0n) is 13.6. The van der Waals surface area contributed by atoms with Crippen LogP contribution < -0.4 is 9.47 Å². The molecule has 2 aromatic carbocycles. The van der Waals surface area contributed by atoms with Gasteiger partial charge in [0.05, 0.1) is 12.0 Å². The molecular formula is C18H13ClN2O5. The number of carbonyl (C=O) groups is 1. The van der Waals surface area contributed by atoms with E-state index in [0.29, 0.717) is 17.1 Å². The van der Waals surface area contributed by atoms with Crippen LogP contribution in [0.25, 0.3) is 6.08 Å². The molecule has 2 aromatic rings. The highest BCUT2D eigenvalue weighted by molar-refractivity contribution is 6.32. The van der Waals surface area contributed by atoms with Gasteiger partial charge in [-0.05, 0) is 35.9 Å². The van der Waals surface area contributed by atoms with Crippen molar-refractivity contribution in [1.82, 2.24) is 0 Å². The first kappa shape index (κ1) is 19.0. The number of nitriles is 1. The first-order valence-electron chi connectivity index (χ1n) is 7.30. The maximum atomic E-state index is 12.2. The summed E-state index contributed by atoms with van der Waals surface area (Å²) in [6.07, 6.45) is 2.83. The fourth-order valence-corrected chi connectivity index (χ4v) is 2.28. The zero-order chi connectivity index (χ0) is 19.1. The van der Waals surface area contributed by atoms with Crippen LogP contribution in [0.2, 0.25) is 5.02 Å². The maximum Gasteiger partial charge on any atom is 0.288 e. The number of ether oxygens (including phenoxy) is 2. The van der Waals surface area contributed by atoms with E-state index in [1.54, 1.807) is 24.3 Å². The SMILES string of the molecule is COc1cc(/C=C/C(=O)c2ccc(Cl)c([N+](=O)[O-])c2)ccc1OCC#N. The van der Waals surface area contributed by atoms with E-state index in [1.807, 2.05) is 6.07 Å². The minimum Gasteiger partial charge on any atom is -0.493 e. The lowest BCUT2D eigenvalue weighted by Gasteiger charge is -2.08. The third kappa shape index (κ3) is 4.59. The lowest BCUT2D eigenvalue weighted by atomic mass is 10.1. The lowest BCUT2D eigenvalue weighted by molar-refractivity contribution is -0.384. The van der Waals surface area contributed by atoms with Gasteiger partial charge in [0.2, 0.25) is 0 Å². The summed E-state index contributed by atoms with van der Waals surface area (Å²) < 4.78 is 10.4. The number of rotatable bonds is 7. The van der Waals surface area contributed by atoms with Gasteiger partial charge in [-0.2, -0.15) is 5.26 Å². The smallest absolute Gasteiger partial charge is 0.288 e. The molecule has 0 saturated heterocycles. The summed E-state index contributed by atoms with van der Waals surface area (Å²) in [4.78, 5) is 22.5. The highest BCUT2D eigenvalue weighted by Crippen LogP contribution is 2.29. The van der Waals surface area contributed by atoms with Gasteiger partial charge in [0.15, 0.2) is 23.9 Å². The van der Waals surface area contributed by atoms with Gasteiger partial charge in [-0.15, -0.1) is 0 Å². The van der Waals surface area contributed by atoms with E-state index >= 15 is 0 Å². The molecule has 0 N–H and O–H groups in total. The Kier molecular flexibility index (Phi) is 6.31. The monoisotopic (exact) mass is 372 g/mol. The first-order valence-corrected chi connectivity index (χ1v) is 7.68. The van der Waals surface area contributed by atoms with E-state index < -0.39 is 10.7 Å². The molecule has 0 amide bonds. The summed E-state index contributed by atoms with van der Waals surface area (Å²) in [7, 11) is 1.46. The van der Waals surface area contributed by atoms with Crippen LogP contribution >= 0.6 is 11.6 Å². The molecule has 0 unspecified atom stereocenters. The number of halogens is 1. The van der Waals surface area contributed by atoms with Gasteiger partial charge >= 0.3 is 0 Å². The van der Waals surface area contributed by atoms with Crippen molar-refractivity contribution in [3.8, 4) is 17.6 Å². The highest BCUT2D eigenvalue weighted by Gasteiger charge is 2.15. The minimum atomic E-state index is -0.645. The Morgan fingerprint density at radius 1 is 1.31 bits per heavy atom. The second kappa shape index (κ2) is 8.65. The number of nitro groups is 1. The standard InChI is InChI=1S/C18H13ClN2O5/c1-25-18-10-12(3-7-17(18)26-9-8-20)2-6-16(22)13-4-5-14(19)15(11-13)21(23)24/h2-7,10-11H,9H2,1H3/b6-2+. The van der Waals surface area contributed by atoms with Crippen molar-refractivity contribution < 1.29 is 19.2 Å². The van der Waals surface area contributed by atoms with Crippen molar-refractivity contribution in [3.63, 3.8) is 0 Å². The van der Waals surface area contributed by atoms with Gasteiger partial charge in [0.1, 0.15) is 11.1 Å². The molecule has 7 nitrogen and oxygen atoms in total. The third-order valence-corrected chi connectivity index (χ3v) is 3.65. The molecule has 0 aliphatic rings. The van der Waals surface area contributed by atoms with Crippen molar-refractivity contribution in [2.24, 2.45) is 0 Å². The number of nitro benzene ring substituents is 1. The number of methoxy groups -OCH3 is 1. The number of nitrogens with zero attached hydrogens (tertiary/aromatic N) is 2. The Labute approximate surface area is 154 Å². The molecule has 0 aliphatic heterocycles. The Morgan fingerprint density at radius 3 is 2.73 bits per heavy atom. The summed E-state index contributed by atoms with van der Waals surface area (Å²) in [6, 6.07) is 10.7. The number of allylic oxidation sites excluding steroid dienone is 1. The highest BCUT2D eigenvalue weighted by atomic mass is 35.5. The average Bonchev–Trinajstić information content (AvgIpc) is 2.64. The third-order valence-electron chi connectivity index (χ3n) is 3.33. The summed E-state index contributed by atoms with van der Waals surface area (Å²) in [5.74, 6) is 0.413. The second-order valence-corrected chi connectivity index (χ2v) is 5.39. The van der Waals surface area contributed by atoms with Crippen LogP contribution in [0.5, 0.6) is 11.5 Å². The number of ketones is 1. The van der Waals surface area contributed by atoms with Crippen LogP contribution in [0.4, 0.5) is 5.69 Å². The summed E-state index contributed by atoms with van der Waals surface area (Å²) in [5.41, 5.74) is 0.479. The normalized spacial score (nSPS) is 10.3. The van der Waals surface area contributed by atoms with E-state index in [1.165, 1.54) is 25.3 Å². The van der Waals surface area contributed by atoms with Crippen LogP contribution in [0.15, 0.2) is 42.5 Å². The van der Waals surface area contributed by atoms with Gasteiger partial charge in [-0.25, -0.2) is 0 Å². The van der Waals surface area contributed by atoms with E-state index in [4.69, 9.17) is 26.3 Å². The molecule has 0 radical (unpaired) electrons. The molecule has 2 rings (SSSR count). The van der Waals surface area contributed by atoms with E-state index in [-0.39, 0.29) is 22.9 Å². The summed E-state index contributed by atoms with van der Waals surface area (Å²) in [5, 5.41) is 19.4. The molecule has 132 valence electrons. The number of hydrogen-bond donors (Lipinski definition) is 0. The van der Waals surface area contributed by atoms with Crippen LogP contribution in [0.3, 0.4) is 0 Å².